The lowest BCUT2D eigenvalue weighted by atomic mass is 10.1. The van der Waals surface area contributed by atoms with Crippen LogP contribution in [0.2, 0.25) is 0 Å². The molecular weight excluding hydrogens is 276 g/mol. The van der Waals surface area contributed by atoms with Crippen molar-refractivity contribution in [1.82, 2.24) is 9.55 Å². The van der Waals surface area contributed by atoms with E-state index in [0.717, 1.165) is 4.57 Å². The van der Waals surface area contributed by atoms with Crippen LogP contribution in [0.25, 0.3) is 5.53 Å². The van der Waals surface area contributed by atoms with Gasteiger partial charge in [-0.1, -0.05) is 12.2 Å². The summed E-state index contributed by atoms with van der Waals surface area (Å²) in [6, 6.07) is 1.38. The number of hydrogen-bond acceptors (Lipinski definition) is 7. The summed E-state index contributed by atoms with van der Waals surface area (Å²) in [5.74, 6) is 0. The fraction of sp³-hybridized carbons (Fsp3) is 0.556. The number of nitrogens with one attached hydrogen (secondary N) is 1. The molecule has 4 atom stereocenters. The normalized spacial score (nSPS) is 34.4. The van der Waals surface area contributed by atoms with Gasteiger partial charge in [-0.2, -0.15) is 0 Å². The minimum atomic E-state index is -2.09. The van der Waals surface area contributed by atoms with Gasteiger partial charge >= 0.3 is 5.69 Å². The molecule has 19 heavy (non-hydrogen) atoms. The molecule has 0 bridgehead atoms. The van der Waals surface area contributed by atoms with E-state index < -0.39 is 36.5 Å². The van der Waals surface area contributed by atoms with Gasteiger partial charge in [0, 0.05) is 6.20 Å². The molecule has 0 spiro atoms. The van der Waals surface area contributed by atoms with Gasteiger partial charge in [0.25, 0.3) is 0 Å². The first-order valence-corrected chi connectivity index (χ1v) is 5.68. The van der Waals surface area contributed by atoms with E-state index in [2.05, 4.69) is 10.1 Å². The maximum absolute atomic E-state index is 11.7. The van der Waals surface area contributed by atoms with Crippen LogP contribution < -0.4 is 5.69 Å². The lowest BCUT2D eigenvalue weighted by Crippen LogP contribution is -2.44. The van der Waals surface area contributed by atoms with E-state index in [-0.39, 0.29) is 4.64 Å². The first-order valence-electron chi connectivity index (χ1n) is 5.28. The summed E-state index contributed by atoms with van der Waals surface area (Å²) >= 11 is 4.76. The summed E-state index contributed by atoms with van der Waals surface area (Å²) in [6.07, 6.45) is -3.32. The maximum Gasteiger partial charge on any atom is 0.328 e. The van der Waals surface area contributed by atoms with Crippen LogP contribution in [0.15, 0.2) is 22.2 Å². The van der Waals surface area contributed by atoms with Crippen LogP contribution in [0.3, 0.4) is 0 Å². The summed E-state index contributed by atoms with van der Waals surface area (Å²) in [5, 5.41) is 31.5. The van der Waals surface area contributed by atoms with Crippen molar-refractivity contribution in [1.29, 1.82) is 0 Å². The van der Waals surface area contributed by atoms with Gasteiger partial charge < -0.3 is 30.7 Å². The van der Waals surface area contributed by atoms with Crippen LogP contribution in [0, 0.1) is 4.64 Å². The molecule has 2 heterocycles. The molecule has 1 aromatic rings. The Labute approximate surface area is 111 Å². The van der Waals surface area contributed by atoms with Gasteiger partial charge in [-0.05, 0) is 6.07 Å². The molecule has 0 saturated carbocycles. The molecule has 10 heteroatoms. The Morgan fingerprint density at radius 1 is 1.63 bits per heavy atom. The summed E-state index contributed by atoms with van der Waals surface area (Å²) in [4.78, 5) is 14.0. The number of aliphatic hydroxyl groups is 3. The highest BCUT2D eigenvalue weighted by Gasteiger charge is 2.53. The van der Waals surface area contributed by atoms with E-state index in [4.69, 9.17) is 27.6 Å². The Bertz CT molecular complexity index is 601. The summed E-state index contributed by atoms with van der Waals surface area (Å²) in [6.45, 7) is -0.865. The number of rotatable bonds is 3. The minimum Gasteiger partial charge on any atom is -0.709 e. The van der Waals surface area contributed by atoms with Crippen molar-refractivity contribution in [3.8, 4) is 0 Å². The quantitative estimate of drug-likeness (QED) is 0.409. The molecule has 0 amide bonds. The van der Waals surface area contributed by atoms with Crippen molar-refractivity contribution in [2.75, 3.05) is 6.61 Å². The van der Waals surface area contributed by atoms with Crippen LogP contribution >= 0.6 is 12.2 Å². The summed E-state index contributed by atoms with van der Waals surface area (Å²) in [5.41, 5.74) is 6.08. The Morgan fingerprint density at radius 3 is 2.79 bits per heavy atom. The van der Waals surface area contributed by atoms with Crippen LogP contribution in [-0.4, -0.2) is 49.4 Å². The molecule has 0 aliphatic carbocycles. The van der Waals surface area contributed by atoms with E-state index in [9.17, 15) is 15.0 Å². The van der Waals surface area contributed by atoms with E-state index in [1.807, 2.05) is 0 Å². The predicted molar refractivity (Wildman–Crippen MR) is 63.6 cm³/mol. The molecule has 1 fully saturated rings. The zero-order valence-electron chi connectivity index (χ0n) is 9.50. The van der Waals surface area contributed by atoms with E-state index in [0.29, 0.717) is 0 Å². The Hall–Kier alpha value is -1.46. The number of H-pyrrole nitrogens is 1. The fourth-order valence-electron chi connectivity index (χ4n) is 1.87. The van der Waals surface area contributed by atoms with Crippen molar-refractivity contribution in [3.05, 3.63) is 32.9 Å². The van der Waals surface area contributed by atoms with Gasteiger partial charge in [-0.25, -0.2) is 4.79 Å². The zero-order chi connectivity index (χ0) is 14.2. The smallest absolute Gasteiger partial charge is 0.328 e. The fourth-order valence-corrected chi connectivity index (χ4v) is 2.01. The van der Waals surface area contributed by atoms with Crippen molar-refractivity contribution < 1.29 is 20.1 Å². The molecule has 0 radical (unpaired) electrons. The predicted octanol–water partition coefficient (Wildman–Crippen LogP) is -1.13. The number of aromatic nitrogens is 2. The monoisotopic (exact) mass is 287 g/mol. The molecular formula is C9H11N4O5S-. The minimum absolute atomic E-state index is 0.189. The van der Waals surface area contributed by atoms with Crippen LogP contribution in [0.5, 0.6) is 0 Å². The first-order chi connectivity index (χ1) is 8.95. The van der Waals surface area contributed by atoms with Crippen molar-refractivity contribution in [3.63, 3.8) is 0 Å². The topological polar surface area (TPSA) is 142 Å². The number of aliphatic hydroxyl groups excluding tert-OH is 3. The molecule has 104 valence electrons. The average molecular weight is 287 g/mol. The highest BCUT2D eigenvalue weighted by molar-refractivity contribution is 7.71. The second kappa shape index (κ2) is 4.90. The number of aromatic amines is 1. The molecule has 1 unspecified atom stereocenters. The Balaban J connectivity index is 2.45. The molecule has 1 aliphatic heterocycles. The van der Waals surface area contributed by atoms with Crippen molar-refractivity contribution in [2.24, 2.45) is 5.11 Å². The second-order valence-corrected chi connectivity index (χ2v) is 4.50. The molecule has 1 aliphatic rings. The molecule has 1 saturated heterocycles. The molecule has 0 aromatic carbocycles. The van der Waals surface area contributed by atoms with Crippen LogP contribution in [0.4, 0.5) is 0 Å². The molecule has 4 N–H and O–H groups in total. The third-order valence-electron chi connectivity index (χ3n) is 2.92. The van der Waals surface area contributed by atoms with Gasteiger partial charge in [0.15, 0.2) is 12.0 Å². The zero-order valence-corrected chi connectivity index (χ0v) is 10.3. The van der Waals surface area contributed by atoms with Gasteiger partial charge in [0.05, 0.1) is 6.61 Å². The van der Waals surface area contributed by atoms with Gasteiger partial charge in [0.2, 0.25) is 0 Å². The number of hydrogen-bond donors (Lipinski definition) is 4. The van der Waals surface area contributed by atoms with E-state index in [1.54, 1.807) is 0 Å². The lowest BCUT2D eigenvalue weighted by molar-refractivity contribution is -0.124. The Kier molecular flexibility index (Phi) is 3.60. The van der Waals surface area contributed by atoms with Crippen molar-refractivity contribution >= 4 is 12.2 Å². The third kappa shape index (κ3) is 2.13. The highest BCUT2D eigenvalue weighted by atomic mass is 32.1. The molecule has 2 rings (SSSR count). The third-order valence-corrected chi connectivity index (χ3v) is 3.16. The van der Waals surface area contributed by atoms with Gasteiger partial charge in [-0.3, -0.25) is 9.55 Å². The van der Waals surface area contributed by atoms with Crippen molar-refractivity contribution in [2.45, 2.75) is 24.2 Å². The van der Waals surface area contributed by atoms with Gasteiger partial charge in [0.1, 0.15) is 16.8 Å². The number of ether oxygens (including phenoxy) is 1. The van der Waals surface area contributed by atoms with E-state index in [1.165, 1.54) is 12.3 Å². The van der Waals surface area contributed by atoms with Gasteiger partial charge in [-0.15, -0.1) is 0 Å². The highest BCUT2D eigenvalue weighted by Crippen LogP contribution is 2.37. The summed E-state index contributed by atoms with van der Waals surface area (Å²) in [7, 11) is 0. The van der Waals surface area contributed by atoms with E-state index >= 15 is 0 Å². The standard InChI is InChI=1S/C9H11N4O5S/c10-12-9(3-14)6(16)5(15)7(18-9)13-2-1-4(19)11-8(13)17/h1-2,5-7,14-16H,3H2,(H,11,17,19)/q-1/t5-,6?,7+,9+/m0/s1. The molecule has 9 nitrogen and oxygen atoms in total. The average Bonchev–Trinajstić information content (AvgIpc) is 2.64. The molecule has 1 aromatic heterocycles. The SMILES string of the molecule is [N-]=N[C@]1(CO)O[C@@H](n2ccc(=S)[nH]c2=O)[C@@H](O)C1O. The maximum atomic E-state index is 11.7. The van der Waals surface area contributed by atoms with Crippen LogP contribution in [0.1, 0.15) is 6.23 Å². The summed E-state index contributed by atoms with van der Waals surface area (Å²) < 4.78 is 6.25. The number of nitrogens with zero attached hydrogens (tertiary/aromatic N) is 3. The Morgan fingerprint density at radius 2 is 2.32 bits per heavy atom. The first kappa shape index (κ1) is 14.0. The second-order valence-electron chi connectivity index (χ2n) is 4.06. The largest absolute Gasteiger partial charge is 0.709 e. The van der Waals surface area contributed by atoms with Crippen LogP contribution in [-0.2, 0) is 4.74 Å². The lowest BCUT2D eigenvalue weighted by Gasteiger charge is -2.27.